The highest BCUT2D eigenvalue weighted by atomic mass is 16.5. The van der Waals surface area contributed by atoms with E-state index in [0.717, 1.165) is 73.0 Å². The van der Waals surface area contributed by atoms with Crippen LogP contribution < -0.4 is 4.74 Å². The van der Waals surface area contributed by atoms with Gasteiger partial charge in [0.05, 0.1) is 11.4 Å². The lowest BCUT2D eigenvalue weighted by Gasteiger charge is -2.23. The highest BCUT2D eigenvalue weighted by Crippen LogP contribution is 2.53. The average Bonchev–Trinajstić information content (AvgIpc) is 3.44. The van der Waals surface area contributed by atoms with Gasteiger partial charge in [-0.25, -0.2) is 9.97 Å². The monoisotopic (exact) mass is 709 g/mol. The van der Waals surface area contributed by atoms with Gasteiger partial charge in [-0.15, -0.1) is 0 Å². The zero-order valence-corrected chi connectivity index (χ0v) is 31.1. The third kappa shape index (κ3) is 6.12. The number of fused-ring (bicyclic) bond motifs is 9. The molecule has 264 valence electrons. The number of allylic oxidation sites excluding steroid dienone is 3. The predicted octanol–water partition coefficient (Wildman–Crippen LogP) is 13.3. The number of ether oxygens (including phenoxy) is 1. The van der Waals surface area contributed by atoms with E-state index in [2.05, 4.69) is 153 Å². The van der Waals surface area contributed by atoms with E-state index in [4.69, 9.17) is 14.7 Å². The number of benzene rings is 6. The van der Waals surface area contributed by atoms with Crippen molar-refractivity contribution in [3.63, 3.8) is 0 Å². The molecule has 0 bridgehead atoms. The molecule has 0 radical (unpaired) electrons. The Kier molecular flexibility index (Phi) is 8.51. The SMILES string of the molecule is C=N/C=C\C=C(/C)c1nc(-c2ccccc2)cc(-c2ccc3c(c2)-c2cc4c(cc2Oc2ccccc2-c2ccccc2C=C3)C(C)(C)c2ccccc2-4)n1. The summed E-state index contributed by atoms with van der Waals surface area (Å²) in [6.45, 7) is 10.2. The summed E-state index contributed by atoms with van der Waals surface area (Å²) in [4.78, 5) is 14.0. The largest absolute Gasteiger partial charge is 0.456 e. The number of aliphatic imine (C=N–C) groups is 1. The molecule has 7 aromatic rings. The molecule has 0 N–H and O–H groups in total. The lowest BCUT2D eigenvalue weighted by molar-refractivity contribution is 0.484. The molecular formula is C51H39N3O. The summed E-state index contributed by atoms with van der Waals surface area (Å²) < 4.78 is 7.15. The molecule has 0 saturated carbocycles. The van der Waals surface area contributed by atoms with Crippen LogP contribution >= 0.6 is 0 Å². The Morgan fingerprint density at radius 2 is 1.25 bits per heavy atom. The summed E-state index contributed by atoms with van der Waals surface area (Å²) in [6.07, 6.45) is 9.93. The van der Waals surface area contributed by atoms with Crippen LogP contribution in [0.4, 0.5) is 0 Å². The molecule has 0 saturated heterocycles. The van der Waals surface area contributed by atoms with Crippen molar-refractivity contribution in [2.45, 2.75) is 26.2 Å². The molecule has 9 rings (SSSR count). The van der Waals surface area contributed by atoms with Gasteiger partial charge in [0.15, 0.2) is 5.82 Å². The van der Waals surface area contributed by atoms with Gasteiger partial charge in [0.1, 0.15) is 11.5 Å². The Bertz CT molecular complexity index is 2730. The summed E-state index contributed by atoms with van der Waals surface area (Å²) in [7, 11) is 0. The van der Waals surface area contributed by atoms with Crippen LogP contribution in [0.1, 0.15) is 48.8 Å². The van der Waals surface area contributed by atoms with Gasteiger partial charge in [0.2, 0.25) is 0 Å². The molecule has 55 heavy (non-hydrogen) atoms. The minimum absolute atomic E-state index is 0.194. The van der Waals surface area contributed by atoms with Crippen molar-refractivity contribution in [2.75, 3.05) is 0 Å². The second-order valence-corrected chi connectivity index (χ2v) is 14.6. The third-order valence-electron chi connectivity index (χ3n) is 10.8. The summed E-state index contributed by atoms with van der Waals surface area (Å²) >= 11 is 0. The summed E-state index contributed by atoms with van der Waals surface area (Å²) in [6, 6.07) is 49.2. The lowest BCUT2D eigenvalue weighted by Crippen LogP contribution is -2.15. The smallest absolute Gasteiger partial charge is 0.156 e. The molecule has 0 amide bonds. The second-order valence-electron chi connectivity index (χ2n) is 14.6. The van der Waals surface area contributed by atoms with E-state index >= 15 is 0 Å². The van der Waals surface area contributed by atoms with Gasteiger partial charge in [-0.1, -0.05) is 141 Å². The van der Waals surface area contributed by atoms with Crippen LogP contribution in [-0.4, -0.2) is 16.7 Å². The van der Waals surface area contributed by atoms with Crippen molar-refractivity contribution in [3.05, 3.63) is 186 Å². The lowest BCUT2D eigenvalue weighted by atomic mass is 9.81. The first-order valence-electron chi connectivity index (χ1n) is 18.6. The standard InChI is InChI=1S/C51H39N3O/c1-33(15-14-28-52-4)50-53-46(36-17-6-5-7-18-36)32-47(54-50)37-27-26-35-25-24-34-16-8-9-19-38(34)40-21-11-13-23-48(40)55-49-31-45-42(30-43(49)41(35)29-37)39-20-10-12-22-44(39)51(45,2)3/h5-32H,4H2,1-3H3/b25-24?,28-14-,33-15+. The highest BCUT2D eigenvalue weighted by Gasteiger charge is 2.36. The van der Waals surface area contributed by atoms with Crippen molar-refractivity contribution in [2.24, 2.45) is 4.99 Å². The number of rotatable bonds is 5. The van der Waals surface area contributed by atoms with Crippen molar-refractivity contribution >= 4 is 24.4 Å². The molecule has 1 aromatic heterocycles. The fraction of sp³-hybridized carbons (Fsp3) is 0.0784. The van der Waals surface area contributed by atoms with Gasteiger partial charge in [0.25, 0.3) is 0 Å². The molecule has 6 aromatic carbocycles. The molecule has 4 heteroatoms. The van der Waals surface area contributed by atoms with E-state index in [1.54, 1.807) is 6.20 Å². The first kappa shape index (κ1) is 33.9. The molecular weight excluding hydrogens is 671 g/mol. The number of hydrogen-bond acceptors (Lipinski definition) is 4. The predicted molar refractivity (Wildman–Crippen MR) is 229 cm³/mol. The molecule has 2 aliphatic rings. The average molecular weight is 710 g/mol. The zero-order chi connectivity index (χ0) is 37.5. The summed E-state index contributed by atoms with van der Waals surface area (Å²) in [5.74, 6) is 2.27. The maximum Gasteiger partial charge on any atom is 0.156 e. The first-order valence-corrected chi connectivity index (χ1v) is 18.6. The molecule has 4 nitrogen and oxygen atoms in total. The molecule has 0 spiro atoms. The highest BCUT2D eigenvalue weighted by molar-refractivity contribution is 5.94. The Morgan fingerprint density at radius 1 is 0.582 bits per heavy atom. The molecule has 1 aliphatic heterocycles. The molecule has 0 unspecified atom stereocenters. The molecule has 1 aliphatic carbocycles. The van der Waals surface area contributed by atoms with Crippen LogP contribution in [0.15, 0.2) is 163 Å². The van der Waals surface area contributed by atoms with Gasteiger partial charge in [-0.05, 0) is 100 Å². The van der Waals surface area contributed by atoms with Crippen LogP contribution in [0.3, 0.4) is 0 Å². The van der Waals surface area contributed by atoms with E-state index in [-0.39, 0.29) is 5.41 Å². The van der Waals surface area contributed by atoms with Gasteiger partial charge in [-0.2, -0.15) is 0 Å². The minimum Gasteiger partial charge on any atom is -0.456 e. The maximum absolute atomic E-state index is 7.15. The fourth-order valence-electron chi connectivity index (χ4n) is 7.93. The van der Waals surface area contributed by atoms with E-state index < -0.39 is 0 Å². The van der Waals surface area contributed by atoms with Gasteiger partial charge in [0, 0.05) is 33.9 Å². The van der Waals surface area contributed by atoms with Crippen molar-refractivity contribution in [1.82, 2.24) is 9.97 Å². The molecule has 0 atom stereocenters. The number of para-hydroxylation sites is 1. The summed E-state index contributed by atoms with van der Waals surface area (Å²) in [5, 5.41) is 0. The van der Waals surface area contributed by atoms with E-state index in [1.165, 1.54) is 22.3 Å². The van der Waals surface area contributed by atoms with Crippen LogP contribution in [-0.2, 0) is 5.41 Å². The van der Waals surface area contributed by atoms with Crippen LogP contribution in [0.2, 0.25) is 0 Å². The van der Waals surface area contributed by atoms with Crippen LogP contribution in [0, 0.1) is 0 Å². The quantitative estimate of drug-likeness (QED) is 0.132. The Balaban J connectivity index is 1.31. The minimum atomic E-state index is -0.194. The second kappa shape index (κ2) is 13.8. The molecule has 0 fully saturated rings. The van der Waals surface area contributed by atoms with Gasteiger partial charge < -0.3 is 4.74 Å². The fourth-order valence-corrected chi connectivity index (χ4v) is 7.93. The Morgan fingerprint density at radius 3 is 2.05 bits per heavy atom. The first-order chi connectivity index (χ1) is 26.9. The van der Waals surface area contributed by atoms with Crippen molar-refractivity contribution < 1.29 is 4.74 Å². The maximum atomic E-state index is 7.15. The van der Waals surface area contributed by atoms with E-state index in [9.17, 15) is 0 Å². The van der Waals surface area contributed by atoms with Crippen LogP contribution in [0.25, 0.3) is 73.6 Å². The van der Waals surface area contributed by atoms with E-state index in [0.29, 0.717) is 5.82 Å². The third-order valence-corrected chi connectivity index (χ3v) is 10.8. The van der Waals surface area contributed by atoms with Crippen molar-refractivity contribution in [1.29, 1.82) is 0 Å². The normalized spacial score (nSPS) is 13.7. The number of nitrogens with zero attached hydrogens (tertiary/aromatic N) is 3. The van der Waals surface area contributed by atoms with Crippen LogP contribution in [0.5, 0.6) is 11.5 Å². The topological polar surface area (TPSA) is 47.4 Å². The Hall–Kier alpha value is -6.91. The van der Waals surface area contributed by atoms with Gasteiger partial charge >= 0.3 is 0 Å². The van der Waals surface area contributed by atoms with E-state index in [1.807, 2.05) is 43.3 Å². The van der Waals surface area contributed by atoms with Gasteiger partial charge in [-0.3, -0.25) is 4.99 Å². The zero-order valence-electron chi connectivity index (χ0n) is 31.1. The van der Waals surface area contributed by atoms with Crippen molar-refractivity contribution in [3.8, 4) is 67.4 Å². The number of hydrogen-bond donors (Lipinski definition) is 0. The summed E-state index contributed by atoms with van der Waals surface area (Å²) in [5.41, 5.74) is 15.9. The molecule has 2 heterocycles. The Labute approximate surface area is 322 Å². The number of aromatic nitrogens is 2.